The third-order valence-corrected chi connectivity index (χ3v) is 2.17. The quantitative estimate of drug-likeness (QED) is 0.797. The highest BCUT2D eigenvalue weighted by Crippen LogP contribution is 2.18. The molecule has 1 aromatic heterocycles. The Morgan fingerprint density at radius 3 is 2.43 bits per heavy atom. The summed E-state index contributed by atoms with van der Waals surface area (Å²) in [6, 6.07) is 0. The highest BCUT2D eigenvalue weighted by Gasteiger charge is 2.17. The number of nitrogens with one attached hydrogen (secondary N) is 1. The van der Waals surface area contributed by atoms with Gasteiger partial charge in [0.2, 0.25) is 0 Å². The van der Waals surface area contributed by atoms with Crippen molar-refractivity contribution in [2.24, 2.45) is 0 Å². The number of hydrogen-bond acceptors (Lipinski definition) is 2. The van der Waals surface area contributed by atoms with E-state index < -0.39 is 0 Å². The average Bonchev–Trinajstić information content (AvgIpc) is 2.47. The summed E-state index contributed by atoms with van der Waals surface area (Å²) < 4.78 is 0. The van der Waals surface area contributed by atoms with Gasteiger partial charge < -0.3 is 9.88 Å². The second kappa shape index (κ2) is 4.13. The maximum Gasteiger partial charge on any atom is 0.111 e. The van der Waals surface area contributed by atoms with Crippen LogP contribution in [0.3, 0.4) is 0 Å². The first-order valence-electron chi connectivity index (χ1n) is 5.08. The summed E-state index contributed by atoms with van der Waals surface area (Å²) in [4.78, 5) is 9.94. The largest absolute Gasteiger partial charge is 0.345 e. The first-order valence-corrected chi connectivity index (χ1v) is 5.08. The van der Waals surface area contributed by atoms with Crippen molar-refractivity contribution in [1.29, 1.82) is 0 Å². The predicted molar refractivity (Wildman–Crippen MR) is 59.5 cm³/mol. The second-order valence-corrected chi connectivity index (χ2v) is 5.06. The van der Waals surface area contributed by atoms with E-state index in [1.54, 1.807) is 0 Å². The minimum absolute atomic E-state index is 0.121. The molecule has 1 N–H and O–H groups in total. The molecule has 3 nitrogen and oxygen atoms in total. The molecule has 1 aromatic rings. The van der Waals surface area contributed by atoms with Crippen molar-refractivity contribution in [2.45, 2.75) is 32.6 Å². The summed E-state index contributed by atoms with van der Waals surface area (Å²) in [5.41, 5.74) is 1.35. The minimum atomic E-state index is 0.121. The number of rotatable bonds is 3. The molecule has 3 heteroatoms. The molecule has 0 amide bonds. The first kappa shape index (κ1) is 11.2. The van der Waals surface area contributed by atoms with E-state index in [1.165, 1.54) is 5.69 Å². The van der Waals surface area contributed by atoms with E-state index in [-0.39, 0.29) is 5.41 Å². The van der Waals surface area contributed by atoms with Gasteiger partial charge in [0.25, 0.3) is 0 Å². The van der Waals surface area contributed by atoms with Gasteiger partial charge in [-0.15, -0.1) is 0 Å². The van der Waals surface area contributed by atoms with Crippen LogP contribution in [0, 0.1) is 0 Å². The predicted octanol–water partition coefficient (Wildman–Crippen LogP) is 1.81. The van der Waals surface area contributed by atoms with E-state index in [4.69, 9.17) is 0 Å². The first-order chi connectivity index (χ1) is 6.39. The lowest BCUT2D eigenvalue weighted by Crippen LogP contribution is -2.16. The molecule has 0 aliphatic carbocycles. The summed E-state index contributed by atoms with van der Waals surface area (Å²) in [6.07, 6.45) is 2.99. The lowest BCUT2D eigenvalue weighted by molar-refractivity contribution is 0.411. The van der Waals surface area contributed by atoms with E-state index >= 15 is 0 Å². The Morgan fingerprint density at radius 2 is 2.00 bits per heavy atom. The second-order valence-electron chi connectivity index (χ2n) is 5.06. The van der Waals surface area contributed by atoms with Crippen molar-refractivity contribution in [3.05, 3.63) is 17.7 Å². The van der Waals surface area contributed by atoms with Gasteiger partial charge in [0.1, 0.15) is 5.82 Å². The molecule has 1 rings (SSSR count). The molecule has 0 bridgehead atoms. The SMILES string of the molecule is CN(C)CCc1cnc(C(C)(C)C)[nH]1. The van der Waals surface area contributed by atoms with Crippen molar-refractivity contribution in [3.63, 3.8) is 0 Å². The highest BCUT2D eigenvalue weighted by molar-refractivity contribution is 5.08. The summed E-state index contributed by atoms with van der Waals surface area (Å²) in [5, 5.41) is 0. The lowest BCUT2D eigenvalue weighted by atomic mass is 9.96. The fourth-order valence-corrected chi connectivity index (χ4v) is 1.21. The van der Waals surface area contributed by atoms with E-state index in [9.17, 15) is 0 Å². The number of imidazole rings is 1. The van der Waals surface area contributed by atoms with Gasteiger partial charge in [-0.3, -0.25) is 0 Å². The molecule has 0 aromatic carbocycles. The molecule has 14 heavy (non-hydrogen) atoms. The molecule has 0 saturated heterocycles. The third kappa shape index (κ3) is 3.14. The molecular weight excluding hydrogens is 174 g/mol. The maximum absolute atomic E-state index is 4.39. The molecular formula is C11H21N3. The van der Waals surface area contributed by atoms with Gasteiger partial charge in [0, 0.05) is 30.3 Å². The van der Waals surface area contributed by atoms with Crippen LogP contribution in [-0.4, -0.2) is 35.5 Å². The Kier molecular flexibility index (Phi) is 3.32. The van der Waals surface area contributed by atoms with E-state index in [0.717, 1.165) is 18.8 Å². The zero-order valence-electron chi connectivity index (χ0n) is 9.89. The van der Waals surface area contributed by atoms with Crippen LogP contribution in [0.5, 0.6) is 0 Å². The highest BCUT2D eigenvalue weighted by atomic mass is 15.1. The number of aromatic nitrogens is 2. The number of aromatic amines is 1. The van der Waals surface area contributed by atoms with Gasteiger partial charge in [-0.05, 0) is 14.1 Å². The summed E-state index contributed by atoms with van der Waals surface area (Å²) >= 11 is 0. The smallest absolute Gasteiger partial charge is 0.111 e. The molecule has 80 valence electrons. The van der Waals surface area contributed by atoms with Crippen molar-refractivity contribution < 1.29 is 0 Å². The molecule has 0 radical (unpaired) electrons. The van der Waals surface area contributed by atoms with Crippen LogP contribution in [0.1, 0.15) is 32.3 Å². The van der Waals surface area contributed by atoms with Gasteiger partial charge in [-0.25, -0.2) is 4.98 Å². The van der Waals surface area contributed by atoms with Crippen LogP contribution in [0.4, 0.5) is 0 Å². The molecule has 0 spiro atoms. The average molecular weight is 195 g/mol. The molecule has 1 heterocycles. The van der Waals surface area contributed by atoms with Crippen LogP contribution < -0.4 is 0 Å². The fourth-order valence-electron chi connectivity index (χ4n) is 1.21. The topological polar surface area (TPSA) is 31.9 Å². The van der Waals surface area contributed by atoms with Crippen LogP contribution in [-0.2, 0) is 11.8 Å². The number of H-pyrrole nitrogens is 1. The van der Waals surface area contributed by atoms with Crippen molar-refractivity contribution >= 4 is 0 Å². The molecule has 0 fully saturated rings. The Bertz CT molecular complexity index is 281. The van der Waals surface area contributed by atoms with Gasteiger partial charge in [0.05, 0.1) is 0 Å². The van der Waals surface area contributed by atoms with Gasteiger partial charge in [-0.1, -0.05) is 20.8 Å². The van der Waals surface area contributed by atoms with Gasteiger partial charge >= 0.3 is 0 Å². The van der Waals surface area contributed by atoms with Gasteiger partial charge in [-0.2, -0.15) is 0 Å². The van der Waals surface area contributed by atoms with E-state index in [0.29, 0.717) is 0 Å². The Hall–Kier alpha value is -0.830. The van der Waals surface area contributed by atoms with Crippen molar-refractivity contribution in [3.8, 4) is 0 Å². The van der Waals surface area contributed by atoms with Crippen LogP contribution in [0.2, 0.25) is 0 Å². The maximum atomic E-state index is 4.39. The number of nitrogens with zero attached hydrogens (tertiary/aromatic N) is 2. The standard InChI is InChI=1S/C11H21N3/c1-11(2,3)10-12-8-9(13-10)6-7-14(4)5/h8H,6-7H2,1-5H3,(H,12,13). The zero-order chi connectivity index (χ0) is 10.8. The normalized spacial score (nSPS) is 12.4. The fraction of sp³-hybridized carbons (Fsp3) is 0.727. The molecule has 0 saturated carbocycles. The summed E-state index contributed by atoms with van der Waals surface area (Å²) in [6.45, 7) is 7.57. The van der Waals surface area contributed by atoms with E-state index in [2.05, 4.69) is 49.7 Å². The summed E-state index contributed by atoms with van der Waals surface area (Å²) in [7, 11) is 4.17. The third-order valence-electron chi connectivity index (χ3n) is 2.17. The Morgan fingerprint density at radius 1 is 1.36 bits per heavy atom. The zero-order valence-corrected chi connectivity index (χ0v) is 9.89. The van der Waals surface area contributed by atoms with Crippen molar-refractivity contribution in [1.82, 2.24) is 14.9 Å². The Balaban J connectivity index is 2.60. The number of likely N-dealkylation sites (N-methyl/N-ethyl adjacent to an activating group) is 1. The monoisotopic (exact) mass is 195 g/mol. The lowest BCUT2D eigenvalue weighted by Gasteiger charge is -2.14. The molecule has 0 atom stereocenters. The van der Waals surface area contributed by atoms with E-state index in [1.807, 2.05) is 6.20 Å². The van der Waals surface area contributed by atoms with Crippen LogP contribution in [0.25, 0.3) is 0 Å². The molecule has 0 aliphatic rings. The van der Waals surface area contributed by atoms with Crippen LogP contribution in [0.15, 0.2) is 6.20 Å². The molecule has 0 aliphatic heterocycles. The van der Waals surface area contributed by atoms with Gasteiger partial charge in [0.15, 0.2) is 0 Å². The Labute approximate surface area is 86.5 Å². The molecule has 0 unspecified atom stereocenters. The minimum Gasteiger partial charge on any atom is -0.345 e. The number of hydrogen-bond donors (Lipinski definition) is 1. The van der Waals surface area contributed by atoms with Crippen molar-refractivity contribution in [2.75, 3.05) is 20.6 Å². The van der Waals surface area contributed by atoms with Crippen LogP contribution >= 0.6 is 0 Å². The summed E-state index contributed by atoms with van der Waals surface area (Å²) in [5.74, 6) is 1.08.